The van der Waals surface area contributed by atoms with Gasteiger partial charge in [0, 0.05) is 30.4 Å². The van der Waals surface area contributed by atoms with E-state index in [2.05, 4.69) is 5.32 Å². The highest BCUT2D eigenvalue weighted by Crippen LogP contribution is 2.19. The van der Waals surface area contributed by atoms with Crippen LogP contribution in [-0.2, 0) is 16.1 Å². The number of hydrogen-bond acceptors (Lipinski definition) is 4. The van der Waals surface area contributed by atoms with E-state index in [1.54, 1.807) is 48.5 Å². The fourth-order valence-corrected chi connectivity index (χ4v) is 2.30. The van der Waals surface area contributed by atoms with Crippen LogP contribution in [-0.4, -0.2) is 11.8 Å². The molecule has 0 unspecified atom stereocenters. The Morgan fingerprint density at radius 1 is 1.27 bits per heavy atom. The molecule has 6 nitrogen and oxygen atoms in total. The van der Waals surface area contributed by atoms with E-state index < -0.39 is 5.91 Å². The van der Waals surface area contributed by atoms with Crippen LogP contribution in [0.5, 0.6) is 0 Å². The average Bonchev–Trinajstić information content (AvgIpc) is 2.61. The van der Waals surface area contributed by atoms with Crippen molar-refractivity contribution in [2.45, 2.75) is 13.5 Å². The third kappa shape index (κ3) is 5.10. The average molecular weight is 369 g/mol. The third-order valence-electron chi connectivity index (χ3n) is 3.48. The van der Waals surface area contributed by atoms with Crippen LogP contribution in [0.1, 0.15) is 12.5 Å². The molecule has 26 heavy (non-hydrogen) atoms. The quantitative estimate of drug-likeness (QED) is 0.481. The first-order valence-corrected chi connectivity index (χ1v) is 8.08. The van der Waals surface area contributed by atoms with Gasteiger partial charge in [-0.1, -0.05) is 29.8 Å². The number of nitrogens with two attached hydrogens (primary N) is 1. The van der Waals surface area contributed by atoms with Crippen LogP contribution in [0.3, 0.4) is 0 Å². The number of hydrogen-bond donors (Lipinski definition) is 2. The topological polar surface area (TPSA) is 99.2 Å². The molecule has 0 aliphatic rings. The molecule has 0 fully saturated rings. The predicted molar refractivity (Wildman–Crippen MR) is 101 cm³/mol. The van der Waals surface area contributed by atoms with Gasteiger partial charge in [0.1, 0.15) is 11.6 Å². The summed E-state index contributed by atoms with van der Waals surface area (Å²) in [5.74, 6) is -0.938. The molecule has 0 aromatic heterocycles. The Balaban J connectivity index is 2.18. The molecule has 0 saturated heterocycles. The first-order chi connectivity index (χ1) is 12.4. The number of nitrogens with one attached hydrogen (secondary N) is 1. The largest absolute Gasteiger partial charge is 0.399 e. The van der Waals surface area contributed by atoms with E-state index in [9.17, 15) is 14.9 Å². The van der Waals surface area contributed by atoms with Crippen LogP contribution >= 0.6 is 11.6 Å². The van der Waals surface area contributed by atoms with E-state index in [0.717, 1.165) is 5.56 Å². The van der Waals surface area contributed by atoms with Crippen LogP contribution in [0.4, 0.5) is 11.4 Å². The Bertz CT molecular complexity index is 885. The minimum absolute atomic E-state index is 0.198. The second kappa shape index (κ2) is 8.70. The molecular formula is C19H17ClN4O2. The minimum Gasteiger partial charge on any atom is -0.399 e. The lowest BCUT2D eigenvalue weighted by Crippen LogP contribution is -2.28. The molecule has 0 aliphatic heterocycles. The van der Waals surface area contributed by atoms with Gasteiger partial charge >= 0.3 is 0 Å². The smallest absolute Gasteiger partial charge is 0.263 e. The van der Waals surface area contributed by atoms with Crippen LogP contribution in [0.2, 0.25) is 5.02 Å². The zero-order chi connectivity index (χ0) is 19.1. The van der Waals surface area contributed by atoms with Crippen molar-refractivity contribution in [2.75, 3.05) is 10.6 Å². The monoisotopic (exact) mass is 368 g/mol. The summed E-state index contributed by atoms with van der Waals surface area (Å²) in [6, 6.07) is 15.4. The van der Waals surface area contributed by atoms with Crippen LogP contribution in [0.25, 0.3) is 0 Å². The van der Waals surface area contributed by atoms with Crippen molar-refractivity contribution in [3.05, 3.63) is 70.9 Å². The SMILES string of the molecule is CC(=O)N(/C=C(/C#N)C(=O)NCc1ccc(Cl)cc1)c1cccc(N)c1. The molecule has 3 N–H and O–H groups in total. The standard InChI is InChI=1S/C19H17ClN4O2/c1-13(25)24(18-4-2-3-17(22)9-18)12-15(10-21)19(26)23-11-14-5-7-16(20)8-6-14/h2-9,12H,11,22H2,1H3,(H,23,26)/b15-12-. The third-order valence-corrected chi connectivity index (χ3v) is 3.73. The van der Waals surface area contributed by atoms with Gasteiger partial charge in [0.25, 0.3) is 5.91 Å². The second-order valence-corrected chi connectivity index (χ2v) is 5.88. The Labute approximate surface area is 156 Å². The van der Waals surface area contributed by atoms with Crippen LogP contribution < -0.4 is 16.0 Å². The second-order valence-electron chi connectivity index (χ2n) is 5.45. The van der Waals surface area contributed by atoms with Gasteiger partial charge in [-0.25, -0.2) is 0 Å². The zero-order valence-electron chi connectivity index (χ0n) is 14.1. The van der Waals surface area contributed by atoms with Crippen molar-refractivity contribution in [1.29, 1.82) is 5.26 Å². The van der Waals surface area contributed by atoms with Crippen molar-refractivity contribution in [3.63, 3.8) is 0 Å². The summed E-state index contributed by atoms with van der Waals surface area (Å²) in [6.45, 7) is 1.56. The van der Waals surface area contributed by atoms with Gasteiger partial charge in [-0.05, 0) is 35.9 Å². The van der Waals surface area contributed by atoms with Crippen molar-refractivity contribution in [1.82, 2.24) is 5.32 Å². The van der Waals surface area contributed by atoms with Crippen LogP contribution in [0, 0.1) is 11.3 Å². The maximum absolute atomic E-state index is 12.3. The summed E-state index contributed by atoms with van der Waals surface area (Å²) in [5.41, 5.74) is 7.30. The highest BCUT2D eigenvalue weighted by molar-refractivity contribution is 6.30. The molecule has 2 aromatic rings. The number of rotatable bonds is 5. The number of nitrogen functional groups attached to an aromatic ring is 1. The highest BCUT2D eigenvalue weighted by atomic mass is 35.5. The number of carbonyl (C=O) groups excluding carboxylic acids is 2. The van der Waals surface area contributed by atoms with Gasteiger partial charge in [-0.3, -0.25) is 14.5 Å². The first kappa shape index (κ1) is 19.0. The van der Waals surface area contributed by atoms with Gasteiger partial charge in [0.2, 0.25) is 5.91 Å². The maximum Gasteiger partial charge on any atom is 0.263 e. The number of anilines is 2. The summed E-state index contributed by atoms with van der Waals surface area (Å²) < 4.78 is 0. The van der Waals surface area contributed by atoms with E-state index >= 15 is 0 Å². The molecule has 2 amide bonds. The predicted octanol–water partition coefficient (Wildman–Crippen LogP) is 3.00. The first-order valence-electron chi connectivity index (χ1n) is 7.70. The van der Waals surface area contributed by atoms with Crippen molar-refractivity contribution in [2.24, 2.45) is 0 Å². The minimum atomic E-state index is -0.586. The van der Waals surface area contributed by atoms with E-state index in [-0.39, 0.29) is 18.0 Å². The number of amides is 2. The fraction of sp³-hybridized carbons (Fsp3) is 0.105. The Hall–Kier alpha value is -3.30. The van der Waals surface area contributed by atoms with Gasteiger partial charge < -0.3 is 11.1 Å². The molecule has 2 rings (SSSR count). The number of nitriles is 1. The van der Waals surface area contributed by atoms with E-state index in [4.69, 9.17) is 17.3 Å². The number of carbonyl (C=O) groups is 2. The van der Waals surface area contributed by atoms with Gasteiger partial charge in [0.05, 0.1) is 5.69 Å². The summed E-state index contributed by atoms with van der Waals surface area (Å²) >= 11 is 5.82. The molecule has 7 heteroatoms. The molecule has 0 heterocycles. The number of halogens is 1. The van der Waals surface area contributed by atoms with Crippen molar-refractivity contribution < 1.29 is 9.59 Å². The van der Waals surface area contributed by atoms with E-state index in [1.165, 1.54) is 18.0 Å². The lowest BCUT2D eigenvalue weighted by Gasteiger charge is -2.17. The molecule has 132 valence electrons. The highest BCUT2D eigenvalue weighted by Gasteiger charge is 2.15. The summed E-state index contributed by atoms with van der Waals surface area (Å²) in [7, 11) is 0. The molecule has 2 aromatic carbocycles. The molecule has 0 atom stereocenters. The number of benzene rings is 2. The molecule has 0 saturated carbocycles. The lowest BCUT2D eigenvalue weighted by atomic mass is 10.2. The van der Waals surface area contributed by atoms with Crippen molar-refractivity contribution >= 4 is 34.8 Å². The van der Waals surface area contributed by atoms with E-state index in [1.807, 2.05) is 6.07 Å². The number of nitrogens with zero attached hydrogens (tertiary/aromatic N) is 2. The molecule has 0 radical (unpaired) electrons. The lowest BCUT2D eigenvalue weighted by molar-refractivity contribution is -0.117. The Morgan fingerprint density at radius 2 is 1.96 bits per heavy atom. The van der Waals surface area contributed by atoms with Gasteiger partial charge in [-0.2, -0.15) is 5.26 Å². The summed E-state index contributed by atoms with van der Waals surface area (Å²) in [4.78, 5) is 25.4. The Kier molecular flexibility index (Phi) is 6.36. The van der Waals surface area contributed by atoms with E-state index in [0.29, 0.717) is 16.4 Å². The fourth-order valence-electron chi connectivity index (χ4n) is 2.17. The van der Waals surface area contributed by atoms with Crippen LogP contribution in [0.15, 0.2) is 60.3 Å². The maximum atomic E-state index is 12.3. The molecule has 0 aliphatic carbocycles. The summed E-state index contributed by atoms with van der Waals surface area (Å²) in [6.07, 6.45) is 1.20. The van der Waals surface area contributed by atoms with Gasteiger partial charge in [0.15, 0.2) is 0 Å². The Morgan fingerprint density at radius 3 is 2.54 bits per heavy atom. The molecule has 0 spiro atoms. The normalized spacial score (nSPS) is 10.7. The van der Waals surface area contributed by atoms with Crippen molar-refractivity contribution in [3.8, 4) is 6.07 Å². The summed E-state index contributed by atoms with van der Waals surface area (Å²) in [5, 5.41) is 12.5. The molecule has 0 bridgehead atoms. The van der Waals surface area contributed by atoms with Gasteiger partial charge in [-0.15, -0.1) is 0 Å². The molecular weight excluding hydrogens is 352 g/mol. The zero-order valence-corrected chi connectivity index (χ0v) is 14.8.